The van der Waals surface area contributed by atoms with E-state index in [1.165, 1.54) is 5.56 Å². The molecule has 3 amide bonds. The van der Waals surface area contributed by atoms with Crippen molar-refractivity contribution >= 4 is 35.2 Å². The Labute approximate surface area is 174 Å². The summed E-state index contributed by atoms with van der Waals surface area (Å²) in [6.07, 6.45) is 0. The Balaban J connectivity index is 1.41. The Bertz CT molecular complexity index is 974. The van der Waals surface area contributed by atoms with E-state index in [2.05, 4.69) is 5.32 Å². The van der Waals surface area contributed by atoms with Gasteiger partial charge in [-0.15, -0.1) is 11.8 Å². The maximum atomic E-state index is 12.6. The van der Waals surface area contributed by atoms with Gasteiger partial charge in [-0.05, 0) is 54.8 Å². The zero-order valence-electron chi connectivity index (χ0n) is 16.5. The summed E-state index contributed by atoms with van der Waals surface area (Å²) in [5.41, 5.74) is 4.51. The fourth-order valence-electron chi connectivity index (χ4n) is 3.57. The van der Waals surface area contributed by atoms with Crippen LogP contribution in [0.15, 0.2) is 42.5 Å². The number of benzene rings is 2. The van der Waals surface area contributed by atoms with Crippen LogP contribution in [-0.4, -0.2) is 51.7 Å². The molecule has 1 N–H and O–H groups in total. The van der Waals surface area contributed by atoms with Crippen molar-refractivity contribution in [3.8, 4) is 0 Å². The van der Waals surface area contributed by atoms with Gasteiger partial charge in [-0.25, -0.2) is 0 Å². The van der Waals surface area contributed by atoms with Crippen LogP contribution in [0.1, 0.15) is 27.0 Å². The highest BCUT2D eigenvalue weighted by molar-refractivity contribution is 7.99. The molecule has 4 rings (SSSR count). The van der Waals surface area contributed by atoms with Gasteiger partial charge >= 0.3 is 0 Å². The van der Waals surface area contributed by atoms with Gasteiger partial charge in [-0.1, -0.05) is 18.2 Å². The van der Waals surface area contributed by atoms with E-state index < -0.39 is 0 Å². The van der Waals surface area contributed by atoms with Crippen molar-refractivity contribution in [1.82, 2.24) is 9.80 Å². The Morgan fingerprint density at radius 1 is 1.10 bits per heavy atom. The lowest BCUT2D eigenvalue weighted by molar-refractivity contribution is -0.153. The molecule has 2 aromatic rings. The molecule has 29 heavy (non-hydrogen) atoms. The smallest absolute Gasteiger partial charge is 0.255 e. The summed E-state index contributed by atoms with van der Waals surface area (Å²) < 4.78 is 0. The molecule has 0 aromatic heterocycles. The van der Waals surface area contributed by atoms with Gasteiger partial charge in [0.1, 0.15) is 12.6 Å². The summed E-state index contributed by atoms with van der Waals surface area (Å²) in [4.78, 5) is 40.7. The lowest BCUT2D eigenvalue weighted by Crippen LogP contribution is -2.57. The van der Waals surface area contributed by atoms with E-state index in [9.17, 15) is 14.4 Å². The average Bonchev–Trinajstić information content (AvgIpc) is 3.20. The van der Waals surface area contributed by atoms with Gasteiger partial charge in [0.15, 0.2) is 0 Å². The van der Waals surface area contributed by atoms with Gasteiger partial charge in [0.05, 0.1) is 5.88 Å². The largest absolute Gasteiger partial charge is 0.327 e. The quantitative estimate of drug-likeness (QED) is 0.843. The van der Waals surface area contributed by atoms with Crippen LogP contribution in [-0.2, 0) is 16.1 Å². The van der Waals surface area contributed by atoms with Crippen LogP contribution in [0.4, 0.5) is 5.69 Å². The number of piperazine rings is 1. The van der Waals surface area contributed by atoms with Gasteiger partial charge in [0.2, 0.25) is 11.8 Å². The summed E-state index contributed by atoms with van der Waals surface area (Å²) in [5, 5.41) is 2.91. The van der Waals surface area contributed by atoms with Crippen molar-refractivity contribution in [1.29, 1.82) is 0 Å². The van der Waals surface area contributed by atoms with Crippen molar-refractivity contribution in [3.05, 3.63) is 64.7 Å². The minimum Gasteiger partial charge on any atom is -0.327 e. The number of rotatable bonds is 4. The van der Waals surface area contributed by atoms with E-state index in [1.54, 1.807) is 33.7 Å². The molecule has 1 atom stereocenters. The Morgan fingerprint density at radius 3 is 2.59 bits per heavy atom. The van der Waals surface area contributed by atoms with Crippen molar-refractivity contribution in [2.75, 3.05) is 23.5 Å². The number of hydrogen-bond donors (Lipinski definition) is 1. The van der Waals surface area contributed by atoms with Crippen LogP contribution in [0.2, 0.25) is 0 Å². The summed E-state index contributed by atoms with van der Waals surface area (Å²) in [5.74, 6) is 1.10. The second kappa shape index (κ2) is 7.91. The van der Waals surface area contributed by atoms with Gasteiger partial charge in [-0.3, -0.25) is 14.4 Å². The number of nitrogens with one attached hydrogen (secondary N) is 1. The number of hydrogen-bond acceptors (Lipinski definition) is 4. The van der Waals surface area contributed by atoms with Crippen LogP contribution in [0.5, 0.6) is 0 Å². The molecule has 0 saturated carbocycles. The molecule has 0 radical (unpaired) electrons. The molecule has 0 spiro atoms. The van der Waals surface area contributed by atoms with Crippen molar-refractivity contribution < 1.29 is 14.4 Å². The highest BCUT2D eigenvalue weighted by Gasteiger charge is 2.42. The molecule has 2 heterocycles. The number of carbonyl (C=O) groups excluding carboxylic acids is 3. The van der Waals surface area contributed by atoms with Crippen molar-refractivity contribution in [3.63, 3.8) is 0 Å². The number of anilines is 1. The lowest BCUT2D eigenvalue weighted by Gasteiger charge is -2.35. The standard InChI is InChI=1S/C22H23N3O3S/c1-14-3-8-18(9-15(14)2)23-21(27)17-6-4-16(5-7-17)10-24-11-20(26)25-13-29-12-19(25)22(24)28/h3-9,19H,10-13H2,1-2H3,(H,23,27). The number of fused-ring (bicyclic) bond motifs is 1. The normalized spacial score (nSPS) is 18.8. The molecule has 0 aliphatic carbocycles. The minimum absolute atomic E-state index is 0.00369. The first-order valence-electron chi connectivity index (χ1n) is 9.56. The van der Waals surface area contributed by atoms with Gasteiger partial charge in [-0.2, -0.15) is 0 Å². The molecule has 150 valence electrons. The third-order valence-electron chi connectivity index (χ3n) is 5.48. The summed E-state index contributed by atoms with van der Waals surface area (Å²) in [7, 11) is 0. The monoisotopic (exact) mass is 409 g/mol. The van der Waals surface area contributed by atoms with Crippen LogP contribution < -0.4 is 5.32 Å². The van der Waals surface area contributed by atoms with Crippen LogP contribution in [0, 0.1) is 13.8 Å². The molecular weight excluding hydrogens is 386 g/mol. The fraction of sp³-hybridized carbons (Fsp3) is 0.318. The molecule has 2 saturated heterocycles. The third kappa shape index (κ3) is 4.00. The second-order valence-corrected chi connectivity index (χ2v) is 8.52. The number of thioether (sulfide) groups is 1. The molecule has 2 aromatic carbocycles. The molecule has 2 aliphatic rings. The van der Waals surface area contributed by atoms with Crippen molar-refractivity contribution in [2.24, 2.45) is 0 Å². The minimum atomic E-state index is -0.329. The number of aryl methyl sites for hydroxylation is 2. The second-order valence-electron chi connectivity index (χ2n) is 7.52. The predicted molar refractivity (Wildman–Crippen MR) is 114 cm³/mol. The Kier molecular flexibility index (Phi) is 5.32. The maximum Gasteiger partial charge on any atom is 0.255 e. The van der Waals surface area contributed by atoms with E-state index in [0.717, 1.165) is 16.8 Å². The Hall–Kier alpha value is -2.80. The topological polar surface area (TPSA) is 69.7 Å². The number of carbonyl (C=O) groups is 3. The third-order valence-corrected chi connectivity index (χ3v) is 6.49. The van der Waals surface area contributed by atoms with Gasteiger partial charge in [0, 0.05) is 23.5 Å². The van der Waals surface area contributed by atoms with Crippen LogP contribution >= 0.6 is 11.8 Å². The van der Waals surface area contributed by atoms with E-state index in [0.29, 0.717) is 23.7 Å². The van der Waals surface area contributed by atoms with E-state index in [1.807, 2.05) is 44.2 Å². The van der Waals surface area contributed by atoms with E-state index in [-0.39, 0.29) is 30.3 Å². The van der Waals surface area contributed by atoms with Gasteiger partial charge < -0.3 is 15.1 Å². The van der Waals surface area contributed by atoms with Gasteiger partial charge in [0.25, 0.3) is 5.91 Å². The molecule has 0 bridgehead atoms. The molecule has 7 heteroatoms. The zero-order valence-corrected chi connectivity index (χ0v) is 17.3. The molecule has 2 fully saturated rings. The zero-order chi connectivity index (χ0) is 20.5. The summed E-state index contributed by atoms with van der Waals surface area (Å²) in [6.45, 7) is 4.53. The summed E-state index contributed by atoms with van der Waals surface area (Å²) in [6, 6.07) is 12.7. The predicted octanol–water partition coefficient (Wildman–Crippen LogP) is 2.80. The van der Waals surface area contributed by atoms with E-state index in [4.69, 9.17) is 0 Å². The molecule has 1 unspecified atom stereocenters. The van der Waals surface area contributed by atoms with Crippen molar-refractivity contribution in [2.45, 2.75) is 26.4 Å². The van der Waals surface area contributed by atoms with E-state index >= 15 is 0 Å². The first-order chi connectivity index (χ1) is 13.9. The summed E-state index contributed by atoms with van der Waals surface area (Å²) >= 11 is 1.62. The molecule has 2 aliphatic heterocycles. The maximum absolute atomic E-state index is 12.6. The lowest BCUT2D eigenvalue weighted by atomic mass is 10.1. The number of amides is 3. The Morgan fingerprint density at radius 2 is 1.86 bits per heavy atom. The SMILES string of the molecule is Cc1ccc(NC(=O)c2ccc(CN3CC(=O)N4CSCC4C3=O)cc2)cc1C. The number of nitrogens with zero attached hydrogens (tertiary/aromatic N) is 2. The molecule has 6 nitrogen and oxygen atoms in total. The first kappa shape index (κ1) is 19.5. The van der Waals surface area contributed by atoms with Crippen LogP contribution in [0.25, 0.3) is 0 Å². The molecular formula is C22H23N3O3S. The average molecular weight is 410 g/mol. The first-order valence-corrected chi connectivity index (χ1v) is 10.7. The highest BCUT2D eigenvalue weighted by atomic mass is 32.2. The fourth-order valence-corrected chi connectivity index (χ4v) is 4.75. The highest BCUT2D eigenvalue weighted by Crippen LogP contribution is 2.26. The van der Waals surface area contributed by atoms with Crippen LogP contribution in [0.3, 0.4) is 0 Å².